The Morgan fingerprint density at radius 2 is 1.90 bits per heavy atom. The standard InChI is InChI=1S/C22H32N4O3S/c1-15(26-8-6-20-17(14-26)7-9-30-20)12-24-22(23-2)25-13-16-10-18(27-3)21(29-5)19(11-16)28-4/h7,9-11,15H,6,8,12-14H2,1-5H3,(H2,23,24,25). The minimum atomic E-state index is 0.415. The second-order valence-corrected chi connectivity index (χ2v) is 8.28. The first kappa shape index (κ1) is 22.2. The first-order chi connectivity index (χ1) is 14.6. The molecule has 0 spiro atoms. The molecule has 0 fully saturated rings. The number of nitrogens with zero attached hydrogens (tertiary/aromatic N) is 2. The molecular weight excluding hydrogens is 400 g/mol. The van der Waals surface area contributed by atoms with Crippen molar-refractivity contribution in [3.8, 4) is 17.2 Å². The van der Waals surface area contributed by atoms with Crippen LogP contribution in [0.25, 0.3) is 0 Å². The summed E-state index contributed by atoms with van der Waals surface area (Å²) in [6.45, 7) is 5.81. The lowest BCUT2D eigenvalue weighted by molar-refractivity contribution is 0.192. The minimum absolute atomic E-state index is 0.415. The molecule has 1 aromatic carbocycles. The van der Waals surface area contributed by atoms with E-state index in [1.54, 1.807) is 28.4 Å². The zero-order valence-corrected chi connectivity index (χ0v) is 19.3. The van der Waals surface area contributed by atoms with E-state index < -0.39 is 0 Å². The Bertz CT molecular complexity index is 843. The van der Waals surface area contributed by atoms with Crippen LogP contribution < -0.4 is 24.8 Å². The molecule has 0 aliphatic carbocycles. The van der Waals surface area contributed by atoms with Crippen molar-refractivity contribution in [1.82, 2.24) is 15.5 Å². The summed E-state index contributed by atoms with van der Waals surface area (Å²) in [5, 5.41) is 9.01. The zero-order valence-electron chi connectivity index (χ0n) is 18.4. The number of benzene rings is 1. The molecule has 7 nitrogen and oxygen atoms in total. The normalized spacial score (nSPS) is 15.3. The zero-order chi connectivity index (χ0) is 21.5. The lowest BCUT2D eigenvalue weighted by Gasteiger charge is -2.32. The molecule has 2 heterocycles. The van der Waals surface area contributed by atoms with Gasteiger partial charge in [-0.25, -0.2) is 0 Å². The molecule has 1 atom stereocenters. The van der Waals surface area contributed by atoms with E-state index in [4.69, 9.17) is 14.2 Å². The maximum atomic E-state index is 5.43. The van der Waals surface area contributed by atoms with Gasteiger partial charge in [-0.15, -0.1) is 11.3 Å². The van der Waals surface area contributed by atoms with Gasteiger partial charge in [0.25, 0.3) is 0 Å². The minimum Gasteiger partial charge on any atom is -0.493 e. The van der Waals surface area contributed by atoms with Crippen molar-refractivity contribution in [2.75, 3.05) is 41.5 Å². The fraction of sp³-hybridized carbons (Fsp3) is 0.500. The van der Waals surface area contributed by atoms with Crippen molar-refractivity contribution in [2.24, 2.45) is 4.99 Å². The molecule has 1 unspecified atom stereocenters. The number of hydrogen-bond acceptors (Lipinski definition) is 6. The van der Waals surface area contributed by atoms with Crippen LogP contribution in [-0.4, -0.2) is 58.4 Å². The molecule has 0 bridgehead atoms. The van der Waals surface area contributed by atoms with E-state index in [2.05, 4.69) is 38.9 Å². The van der Waals surface area contributed by atoms with Crippen LogP contribution >= 0.6 is 11.3 Å². The number of rotatable bonds is 8. The van der Waals surface area contributed by atoms with Gasteiger partial charge in [0.05, 0.1) is 21.3 Å². The van der Waals surface area contributed by atoms with E-state index in [-0.39, 0.29) is 0 Å². The molecule has 2 aromatic rings. The third kappa shape index (κ3) is 5.17. The highest BCUT2D eigenvalue weighted by molar-refractivity contribution is 7.10. The Labute approximate surface area is 183 Å². The van der Waals surface area contributed by atoms with E-state index in [1.165, 1.54) is 10.4 Å². The monoisotopic (exact) mass is 432 g/mol. The molecule has 0 radical (unpaired) electrons. The van der Waals surface area contributed by atoms with Gasteiger partial charge in [0.15, 0.2) is 17.5 Å². The van der Waals surface area contributed by atoms with Gasteiger partial charge in [0.2, 0.25) is 5.75 Å². The van der Waals surface area contributed by atoms with Gasteiger partial charge in [0.1, 0.15) is 0 Å². The van der Waals surface area contributed by atoms with E-state index in [0.29, 0.717) is 29.8 Å². The number of fused-ring (bicyclic) bond motifs is 1. The Morgan fingerprint density at radius 3 is 2.53 bits per heavy atom. The fourth-order valence-corrected chi connectivity index (χ4v) is 4.55. The summed E-state index contributed by atoms with van der Waals surface area (Å²) in [5.41, 5.74) is 2.49. The van der Waals surface area contributed by atoms with E-state index in [0.717, 1.165) is 37.6 Å². The van der Waals surface area contributed by atoms with Crippen LogP contribution in [0, 0.1) is 0 Å². The average molecular weight is 433 g/mol. The third-order valence-corrected chi connectivity index (χ3v) is 6.46. The average Bonchev–Trinajstić information content (AvgIpc) is 3.26. The Hall–Kier alpha value is -2.45. The quantitative estimate of drug-likeness (QED) is 0.494. The molecule has 0 saturated carbocycles. The van der Waals surface area contributed by atoms with Gasteiger partial charge in [-0.05, 0) is 48.1 Å². The molecule has 8 heteroatoms. The Morgan fingerprint density at radius 1 is 1.17 bits per heavy atom. The maximum absolute atomic E-state index is 5.43. The van der Waals surface area contributed by atoms with Gasteiger partial charge in [-0.1, -0.05) is 0 Å². The largest absolute Gasteiger partial charge is 0.493 e. The van der Waals surface area contributed by atoms with Gasteiger partial charge < -0.3 is 24.8 Å². The highest BCUT2D eigenvalue weighted by Gasteiger charge is 2.21. The summed E-state index contributed by atoms with van der Waals surface area (Å²) in [6, 6.07) is 6.55. The van der Waals surface area contributed by atoms with Crippen LogP contribution in [0.3, 0.4) is 0 Å². The maximum Gasteiger partial charge on any atom is 0.203 e. The molecule has 1 aliphatic rings. The first-order valence-corrected chi connectivity index (χ1v) is 11.0. The summed E-state index contributed by atoms with van der Waals surface area (Å²) in [4.78, 5) is 8.42. The summed E-state index contributed by atoms with van der Waals surface area (Å²) >= 11 is 1.88. The van der Waals surface area contributed by atoms with Crippen molar-refractivity contribution < 1.29 is 14.2 Å². The molecule has 1 aromatic heterocycles. The van der Waals surface area contributed by atoms with Crippen molar-refractivity contribution in [3.05, 3.63) is 39.6 Å². The van der Waals surface area contributed by atoms with E-state index in [9.17, 15) is 0 Å². The first-order valence-electron chi connectivity index (χ1n) is 10.1. The van der Waals surface area contributed by atoms with Gasteiger partial charge in [-0.3, -0.25) is 9.89 Å². The summed E-state index contributed by atoms with van der Waals surface area (Å²) in [5.74, 6) is 2.64. The van der Waals surface area contributed by atoms with Crippen LogP contribution in [-0.2, 0) is 19.5 Å². The molecule has 2 N–H and O–H groups in total. The second-order valence-electron chi connectivity index (χ2n) is 7.28. The van der Waals surface area contributed by atoms with Crippen LogP contribution in [0.4, 0.5) is 0 Å². The smallest absolute Gasteiger partial charge is 0.203 e. The predicted octanol–water partition coefficient (Wildman–Crippen LogP) is 2.89. The number of thiophene rings is 1. The van der Waals surface area contributed by atoms with Crippen molar-refractivity contribution in [1.29, 1.82) is 0 Å². The number of aliphatic imine (C=N–C) groups is 1. The molecular formula is C22H32N4O3S. The van der Waals surface area contributed by atoms with Crippen LogP contribution in [0.5, 0.6) is 17.2 Å². The number of nitrogens with one attached hydrogen (secondary N) is 2. The topological polar surface area (TPSA) is 67.4 Å². The molecule has 1 aliphatic heterocycles. The molecule has 0 amide bonds. The fourth-order valence-electron chi connectivity index (χ4n) is 3.66. The van der Waals surface area contributed by atoms with Crippen LogP contribution in [0.15, 0.2) is 28.6 Å². The lowest BCUT2D eigenvalue weighted by Crippen LogP contribution is -2.47. The molecule has 0 saturated heterocycles. The van der Waals surface area contributed by atoms with E-state index in [1.807, 2.05) is 23.5 Å². The van der Waals surface area contributed by atoms with Gasteiger partial charge in [-0.2, -0.15) is 0 Å². The van der Waals surface area contributed by atoms with Crippen molar-refractivity contribution in [3.63, 3.8) is 0 Å². The summed E-state index contributed by atoms with van der Waals surface area (Å²) < 4.78 is 16.3. The van der Waals surface area contributed by atoms with Crippen molar-refractivity contribution in [2.45, 2.75) is 32.5 Å². The summed E-state index contributed by atoms with van der Waals surface area (Å²) in [7, 11) is 6.63. The van der Waals surface area contributed by atoms with E-state index >= 15 is 0 Å². The Kier molecular flexibility index (Phi) is 7.81. The van der Waals surface area contributed by atoms with Crippen LogP contribution in [0.1, 0.15) is 22.9 Å². The van der Waals surface area contributed by atoms with Crippen molar-refractivity contribution >= 4 is 17.3 Å². The lowest BCUT2D eigenvalue weighted by atomic mass is 10.1. The second kappa shape index (κ2) is 10.5. The molecule has 164 valence electrons. The SMILES string of the molecule is CN=C(NCc1cc(OC)c(OC)c(OC)c1)NCC(C)N1CCc2sccc2C1. The summed E-state index contributed by atoms with van der Waals surface area (Å²) in [6.07, 6.45) is 1.14. The number of hydrogen-bond donors (Lipinski definition) is 2. The highest BCUT2D eigenvalue weighted by Crippen LogP contribution is 2.38. The molecule has 30 heavy (non-hydrogen) atoms. The van der Waals surface area contributed by atoms with Gasteiger partial charge >= 0.3 is 0 Å². The van der Waals surface area contributed by atoms with Gasteiger partial charge in [0, 0.05) is 44.1 Å². The molecule has 3 rings (SSSR count). The predicted molar refractivity (Wildman–Crippen MR) is 122 cm³/mol. The highest BCUT2D eigenvalue weighted by atomic mass is 32.1. The third-order valence-electron chi connectivity index (χ3n) is 5.43. The number of guanidine groups is 1. The van der Waals surface area contributed by atoms with Crippen LogP contribution in [0.2, 0.25) is 0 Å². The number of ether oxygens (including phenoxy) is 3. The Balaban J connectivity index is 1.54. The number of methoxy groups -OCH3 is 3.